The fourth-order valence-corrected chi connectivity index (χ4v) is 2.04. The standard InChI is InChI=1S/C13H17N3O2/c1-8-2-4-9(5-3-8)13(18)16-10-6-11(12(14)17)15-7-10/h2-5,10-11,15H,6-7H2,1H3,(H2,14,17)(H,16,18). The van der Waals surface area contributed by atoms with Crippen LogP contribution in [0.15, 0.2) is 24.3 Å². The second-order valence-corrected chi connectivity index (χ2v) is 4.64. The van der Waals surface area contributed by atoms with E-state index >= 15 is 0 Å². The first-order chi connectivity index (χ1) is 8.56. The summed E-state index contributed by atoms with van der Waals surface area (Å²) in [6, 6.07) is 6.99. The second kappa shape index (κ2) is 5.18. The van der Waals surface area contributed by atoms with Crippen LogP contribution in [-0.4, -0.2) is 30.4 Å². The molecule has 1 saturated heterocycles. The third kappa shape index (κ3) is 2.87. The van der Waals surface area contributed by atoms with E-state index < -0.39 is 0 Å². The largest absolute Gasteiger partial charge is 0.368 e. The van der Waals surface area contributed by atoms with Crippen molar-refractivity contribution in [3.05, 3.63) is 35.4 Å². The van der Waals surface area contributed by atoms with Gasteiger partial charge in [0, 0.05) is 18.2 Å². The average Bonchev–Trinajstić information content (AvgIpc) is 2.78. The lowest BCUT2D eigenvalue weighted by Gasteiger charge is -2.11. The van der Waals surface area contributed by atoms with Crippen molar-refractivity contribution >= 4 is 11.8 Å². The molecule has 0 aliphatic carbocycles. The van der Waals surface area contributed by atoms with Crippen LogP contribution in [0.25, 0.3) is 0 Å². The molecule has 0 aromatic heterocycles. The van der Waals surface area contributed by atoms with E-state index in [2.05, 4.69) is 10.6 Å². The zero-order valence-corrected chi connectivity index (χ0v) is 10.3. The number of primary amides is 1. The minimum atomic E-state index is -0.373. The van der Waals surface area contributed by atoms with E-state index in [0.29, 0.717) is 18.5 Å². The molecule has 2 rings (SSSR count). The smallest absolute Gasteiger partial charge is 0.251 e. The van der Waals surface area contributed by atoms with Crippen molar-refractivity contribution in [3.63, 3.8) is 0 Å². The van der Waals surface area contributed by atoms with Crippen LogP contribution in [0.1, 0.15) is 22.3 Å². The van der Waals surface area contributed by atoms with Crippen LogP contribution in [0, 0.1) is 6.92 Å². The van der Waals surface area contributed by atoms with Gasteiger partial charge in [-0.05, 0) is 25.5 Å². The van der Waals surface area contributed by atoms with Gasteiger partial charge in [-0.3, -0.25) is 9.59 Å². The van der Waals surface area contributed by atoms with E-state index in [1.54, 1.807) is 12.1 Å². The van der Waals surface area contributed by atoms with Crippen molar-refractivity contribution in [2.75, 3.05) is 6.54 Å². The number of carbonyl (C=O) groups excluding carboxylic acids is 2. The summed E-state index contributed by atoms with van der Waals surface area (Å²) in [5, 5.41) is 5.87. The van der Waals surface area contributed by atoms with Crippen LogP contribution in [0.5, 0.6) is 0 Å². The molecule has 0 bridgehead atoms. The maximum absolute atomic E-state index is 11.9. The van der Waals surface area contributed by atoms with Crippen molar-refractivity contribution in [1.29, 1.82) is 0 Å². The number of carbonyl (C=O) groups is 2. The predicted octanol–water partition coefficient (Wildman–Crippen LogP) is -0.0594. The number of nitrogens with one attached hydrogen (secondary N) is 2. The van der Waals surface area contributed by atoms with Crippen molar-refractivity contribution in [1.82, 2.24) is 10.6 Å². The molecule has 1 aromatic rings. The van der Waals surface area contributed by atoms with Crippen LogP contribution < -0.4 is 16.4 Å². The number of rotatable bonds is 3. The van der Waals surface area contributed by atoms with Gasteiger partial charge < -0.3 is 16.4 Å². The Kier molecular flexibility index (Phi) is 3.62. The molecule has 2 unspecified atom stereocenters. The highest BCUT2D eigenvalue weighted by Crippen LogP contribution is 2.08. The molecule has 2 atom stereocenters. The first kappa shape index (κ1) is 12.6. The first-order valence-electron chi connectivity index (χ1n) is 5.96. The molecule has 0 spiro atoms. The van der Waals surface area contributed by atoms with Gasteiger partial charge >= 0.3 is 0 Å². The number of hydrogen-bond donors (Lipinski definition) is 3. The van der Waals surface area contributed by atoms with Gasteiger partial charge in [0.2, 0.25) is 5.91 Å². The summed E-state index contributed by atoms with van der Waals surface area (Å²) in [5.41, 5.74) is 6.95. The van der Waals surface area contributed by atoms with Gasteiger partial charge in [0.15, 0.2) is 0 Å². The molecule has 1 fully saturated rings. The summed E-state index contributed by atoms with van der Waals surface area (Å²) in [7, 11) is 0. The topological polar surface area (TPSA) is 84.2 Å². The van der Waals surface area contributed by atoms with Gasteiger partial charge in [0.1, 0.15) is 0 Å². The van der Waals surface area contributed by atoms with E-state index in [4.69, 9.17) is 5.73 Å². The van der Waals surface area contributed by atoms with Crippen molar-refractivity contribution < 1.29 is 9.59 Å². The Bertz CT molecular complexity index is 456. The molecule has 1 heterocycles. The molecule has 1 aliphatic heterocycles. The van der Waals surface area contributed by atoms with E-state index in [0.717, 1.165) is 5.56 Å². The highest BCUT2D eigenvalue weighted by atomic mass is 16.2. The molecule has 96 valence electrons. The highest BCUT2D eigenvalue weighted by Gasteiger charge is 2.28. The lowest BCUT2D eigenvalue weighted by Crippen LogP contribution is -2.36. The summed E-state index contributed by atoms with van der Waals surface area (Å²) >= 11 is 0. The molecule has 1 aromatic carbocycles. The number of aryl methyl sites for hydroxylation is 1. The average molecular weight is 247 g/mol. The zero-order chi connectivity index (χ0) is 13.1. The molecule has 2 amide bonds. The molecule has 1 aliphatic rings. The Hall–Kier alpha value is -1.88. The summed E-state index contributed by atoms with van der Waals surface area (Å²) in [4.78, 5) is 22.9. The van der Waals surface area contributed by atoms with Gasteiger partial charge in [0.25, 0.3) is 5.91 Å². The van der Waals surface area contributed by atoms with Crippen LogP contribution in [0.4, 0.5) is 0 Å². The van der Waals surface area contributed by atoms with Crippen LogP contribution >= 0.6 is 0 Å². The Morgan fingerprint density at radius 1 is 1.33 bits per heavy atom. The third-order valence-electron chi connectivity index (χ3n) is 3.12. The SMILES string of the molecule is Cc1ccc(C(=O)NC2CNC(C(N)=O)C2)cc1. The number of nitrogens with two attached hydrogens (primary N) is 1. The lowest BCUT2D eigenvalue weighted by molar-refractivity contribution is -0.119. The fourth-order valence-electron chi connectivity index (χ4n) is 2.04. The van der Waals surface area contributed by atoms with Crippen molar-refractivity contribution in [3.8, 4) is 0 Å². The summed E-state index contributed by atoms with van der Waals surface area (Å²) in [6.45, 7) is 2.55. The summed E-state index contributed by atoms with van der Waals surface area (Å²) in [5.74, 6) is -0.492. The molecular weight excluding hydrogens is 230 g/mol. The zero-order valence-electron chi connectivity index (χ0n) is 10.3. The minimum absolute atomic E-state index is 0.0451. The van der Waals surface area contributed by atoms with E-state index in [-0.39, 0.29) is 23.9 Å². The molecule has 4 N–H and O–H groups in total. The highest BCUT2D eigenvalue weighted by molar-refractivity contribution is 5.94. The maximum Gasteiger partial charge on any atom is 0.251 e. The summed E-state index contributed by atoms with van der Waals surface area (Å²) in [6.07, 6.45) is 0.549. The second-order valence-electron chi connectivity index (χ2n) is 4.64. The Morgan fingerprint density at radius 3 is 2.56 bits per heavy atom. The maximum atomic E-state index is 11.9. The van der Waals surface area contributed by atoms with Crippen molar-refractivity contribution in [2.24, 2.45) is 5.73 Å². The lowest BCUT2D eigenvalue weighted by atomic mass is 10.1. The quantitative estimate of drug-likeness (QED) is 0.699. The minimum Gasteiger partial charge on any atom is -0.368 e. The van der Waals surface area contributed by atoms with Gasteiger partial charge in [-0.2, -0.15) is 0 Å². The Labute approximate surface area is 106 Å². The molecule has 0 radical (unpaired) electrons. The van der Waals surface area contributed by atoms with Crippen molar-refractivity contribution in [2.45, 2.75) is 25.4 Å². The predicted molar refractivity (Wildman–Crippen MR) is 68.0 cm³/mol. The van der Waals surface area contributed by atoms with Crippen LogP contribution in [0.3, 0.4) is 0 Å². The van der Waals surface area contributed by atoms with E-state index in [9.17, 15) is 9.59 Å². The summed E-state index contributed by atoms with van der Waals surface area (Å²) < 4.78 is 0. The number of benzene rings is 1. The number of amides is 2. The van der Waals surface area contributed by atoms with E-state index in [1.807, 2.05) is 19.1 Å². The van der Waals surface area contributed by atoms with E-state index in [1.165, 1.54) is 0 Å². The molecule has 0 saturated carbocycles. The number of hydrogen-bond acceptors (Lipinski definition) is 3. The van der Waals surface area contributed by atoms with Gasteiger partial charge in [0.05, 0.1) is 6.04 Å². The molecule has 5 heteroatoms. The monoisotopic (exact) mass is 247 g/mol. The molecule has 18 heavy (non-hydrogen) atoms. The van der Waals surface area contributed by atoms with Gasteiger partial charge in [-0.1, -0.05) is 17.7 Å². The van der Waals surface area contributed by atoms with Gasteiger partial charge in [-0.15, -0.1) is 0 Å². The normalized spacial score (nSPS) is 22.7. The molecule has 5 nitrogen and oxygen atoms in total. The fraction of sp³-hybridized carbons (Fsp3) is 0.385. The van der Waals surface area contributed by atoms with Gasteiger partial charge in [-0.25, -0.2) is 0 Å². The third-order valence-corrected chi connectivity index (χ3v) is 3.12. The Morgan fingerprint density at radius 2 is 2.00 bits per heavy atom. The van der Waals surface area contributed by atoms with Crippen LogP contribution in [-0.2, 0) is 4.79 Å². The Balaban J connectivity index is 1.92. The molecular formula is C13H17N3O2. The van der Waals surface area contributed by atoms with Crippen LogP contribution in [0.2, 0.25) is 0 Å². The first-order valence-corrected chi connectivity index (χ1v) is 5.96.